The van der Waals surface area contributed by atoms with Gasteiger partial charge in [-0.3, -0.25) is 9.79 Å². The molecule has 0 aromatic carbocycles. The molecule has 0 bridgehead atoms. The molecular formula is C12H21N3O. The van der Waals surface area contributed by atoms with Gasteiger partial charge >= 0.3 is 0 Å². The summed E-state index contributed by atoms with van der Waals surface area (Å²) in [6.07, 6.45) is 7.03. The Balaban J connectivity index is 1.61. The number of carbonyl (C=O) groups excluding carboxylic acids is 1. The largest absolute Gasteiger partial charge is 0.387 e. The van der Waals surface area contributed by atoms with Gasteiger partial charge in [0.05, 0.1) is 12.4 Å². The maximum Gasteiger partial charge on any atom is 0.223 e. The van der Waals surface area contributed by atoms with Crippen LogP contribution in [0.1, 0.15) is 38.5 Å². The summed E-state index contributed by atoms with van der Waals surface area (Å²) in [5, 5.41) is 2.89. The van der Waals surface area contributed by atoms with Crippen molar-refractivity contribution in [1.29, 1.82) is 0 Å². The molecule has 0 radical (unpaired) electrons. The Hall–Kier alpha value is -1.06. The van der Waals surface area contributed by atoms with Crippen molar-refractivity contribution in [3.63, 3.8) is 0 Å². The molecule has 4 nitrogen and oxygen atoms in total. The van der Waals surface area contributed by atoms with Crippen molar-refractivity contribution >= 4 is 11.7 Å². The molecule has 0 heterocycles. The van der Waals surface area contributed by atoms with E-state index in [2.05, 4.69) is 10.3 Å². The third kappa shape index (κ3) is 3.22. The first-order valence-electron chi connectivity index (χ1n) is 6.35. The summed E-state index contributed by atoms with van der Waals surface area (Å²) >= 11 is 0. The highest BCUT2D eigenvalue weighted by atomic mass is 16.2. The van der Waals surface area contributed by atoms with Gasteiger partial charge in [-0.15, -0.1) is 0 Å². The second-order valence-electron chi connectivity index (χ2n) is 4.85. The molecule has 0 atom stereocenters. The number of hydrogen-bond donors (Lipinski definition) is 2. The highest BCUT2D eigenvalue weighted by Gasteiger charge is 2.28. The van der Waals surface area contributed by atoms with Gasteiger partial charge in [-0.05, 0) is 25.7 Å². The first kappa shape index (κ1) is 11.4. The van der Waals surface area contributed by atoms with E-state index in [1.807, 2.05) is 0 Å². The molecule has 2 aliphatic rings. The zero-order valence-corrected chi connectivity index (χ0v) is 9.74. The Morgan fingerprint density at radius 1 is 1.19 bits per heavy atom. The summed E-state index contributed by atoms with van der Waals surface area (Å²) in [6, 6.07) is 0. The number of rotatable bonds is 5. The molecule has 0 spiro atoms. The van der Waals surface area contributed by atoms with E-state index in [1.54, 1.807) is 0 Å². The van der Waals surface area contributed by atoms with Gasteiger partial charge in [-0.25, -0.2) is 0 Å². The maximum absolute atomic E-state index is 11.3. The Labute approximate surface area is 96.7 Å². The molecule has 3 N–H and O–H groups in total. The van der Waals surface area contributed by atoms with E-state index < -0.39 is 0 Å². The van der Waals surface area contributed by atoms with Crippen LogP contribution >= 0.6 is 0 Å². The predicted octanol–water partition coefficient (Wildman–Crippen LogP) is 1.06. The number of nitrogens with zero attached hydrogens (tertiary/aromatic N) is 1. The smallest absolute Gasteiger partial charge is 0.223 e. The molecule has 90 valence electrons. The summed E-state index contributed by atoms with van der Waals surface area (Å²) in [7, 11) is 0. The lowest BCUT2D eigenvalue weighted by molar-refractivity contribution is -0.122. The minimum Gasteiger partial charge on any atom is -0.387 e. The molecule has 0 unspecified atom stereocenters. The summed E-state index contributed by atoms with van der Waals surface area (Å²) in [6.45, 7) is 1.25. The summed E-state index contributed by atoms with van der Waals surface area (Å²) < 4.78 is 0. The molecule has 0 saturated heterocycles. The van der Waals surface area contributed by atoms with Crippen molar-refractivity contribution in [3.8, 4) is 0 Å². The molecule has 16 heavy (non-hydrogen) atoms. The van der Waals surface area contributed by atoms with Gasteiger partial charge in [0.2, 0.25) is 5.91 Å². The molecule has 2 rings (SSSR count). The number of hydrogen-bond acceptors (Lipinski definition) is 2. The van der Waals surface area contributed by atoms with E-state index in [-0.39, 0.29) is 11.8 Å². The summed E-state index contributed by atoms with van der Waals surface area (Å²) in [5.74, 6) is 1.77. The van der Waals surface area contributed by atoms with Crippen LogP contribution in [0.4, 0.5) is 0 Å². The number of carbonyl (C=O) groups is 1. The normalized spacial score (nSPS) is 22.4. The average molecular weight is 223 g/mol. The lowest BCUT2D eigenvalue weighted by Crippen LogP contribution is -2.29. The average Bonchev–Trinajstić information content (AvgIpc) is 2.99. The molecule has 4 heteroatoms. The highest BCUT2D eigenvalue weighted by molar-refractivity contribution is 5.83. The minimum absolute atomic E-state index is 0.189. The molecule has 2 fully saturated rings. The Morgan fingerprint density at radius 2 is 1.88 bits per heavy atom. The SMILES string of the molecule is NC(=NCCNC(=O)C1CC1)C1CCCC1. The van der Waals surface area contributed by atoms with Crippen molar-refractivity contribution < 1.29 is 4.79 Å². The van der Waals surface area contributed by atoms with Crippen LogP contribution in [-0.4, -0.2) is 24.8 Å². The van der Waals surface area contributed by atoms with Crippen LogP contribution in [0.15, 0.2) is 4.99 Å². The fourth-order valence-corrected chi connectivity index (χ4v) is 2.20. The van der Waals surface area contributed by atoms with Gasteiger partial charge in [0.15, 0.2) is 0 Å². The maximum atomic E-state index is 11.3. The highest BCUT2D eigenvalue weighted by Crippen LogP contribution is 2.28. The lowest BCUT2D eigenvalue weighted by atomic mass is 10.1. The van der Waals surface area contributed by atoms with Gasteiger partial charge in [0, 0.05) is 18.4 Å². The van der Waals surface area contributed by atoms with Crippen molar-refractivity contribution in [3.05, 3.63) is 0 Å². The fourth-order valence-electron chi connectivity index (χ4n) is 2.20. The van der Waals surface area contributed by atoms with Crippen molar-refractivity contribution in [2.75, 3.05) is 13.1 Å². The monoisotopic (exact) mass is 223 g/mol. The van der Waals surface area contributed by atoms with Gasteiger partial charge in [0.1, 0.15) is 0 Å². The van der Waals surface area contributed by atoms with Crippen molar-refractivity contribution in [2.24, 2.45) is 22.6 Å². The third-order valence-electron chi connectivity index (χ3n) is 3.43. The number of amides is 1. The molecule has 2 aliphatic carbocycles. The quantitative estimate of drug-likeness (QED) is 0.416. The lowest BCUT2D eigenvalue weighted by Gasteiger charge is -2.08. The first-order valence-corrected chi connectivity index (χ1v) is 6.35. The summed E-state index contributed by atoms with van der Waals surface area (Å²) in [5.41, 5.74) is 5.91. The van der Waals surface area contributed by atoms with Crippen LogP contribution < -0.4 is 11.1 Å². The van der Waals surface area contributed by atoms with Gasteiger partial charge in [-0.1, -0.05) is 12.8 Å². The van der Waals surface area contributed by atoms with Crippen LogP contribution in [0.3, 0.4) is 0 Å². The Bertz CT molecular complexity index is 278. The second kappa shape index (κ2) is 5.32. The Morgan fingerprint density at radius 3 is 2.50 bits per heavy atom. The van der Waals surface area contributed by atoms with E-state index in [1.165, 1.54) is 25.7 Å². The predicted molar refractivity (Wildman–Crippen MR) is 64.2 cm³/mol. The van der Waals surface area contributed by atoms with Crippen molar-refractivity contribution in [2.45, 2.75) is 38.5 Å². The van der Waals surface area contributed by atoms with Crippen LogP contribution in [0.25, 0.3) is 0 Å². The number of nitrogens with one attached hydrogen (secondary N) is 1. The standard InChI is InChI=1S/C12H21N3O/c13-11(9-3-1-2-4-9)14-7-8-15-12(16)10-5-6-10/h9-10H,1-8H2,(H2,13,14)(H,15,16). The minimum atomic E-state index is 0.189. The Kier molecular flexibility index (Phi) is 3.80. The number of aliphatic imine (C=N–C) groups is 1. The molecule has 1 amide bonds. The molecular weight excluding hydrogens is 202 g/mol. The van der Waals surface area contributed by atoms with Crippen LogP contribution in [0, 0.1) is 11.8 Å². The molecule has 0 aliphatic heterocycles. The van der Waals surface area contributed by atoms with Gasteiger partial charge in [0.25, 0.3) is 0 Å². The molecule has 0 aromatic heterocycles. The van der Waals surface area contributed by atoms with Crippen LogP contribution in [0.2, 0.25) is 0 Å². The van der Waals surface area contributed by atoms with E-state index in [0.29, 0.717) is 19.0 Å². The number of nitrogens with two attached hydrogens (primary N) is 1. The van der Waals surface area contributed by atoms with Gasteiger partial charge in [-0.2, -0.15) is 0 Å². The van der Waals surface area contributed by atoms with Crippen LogP contribution in [-0.2, 0) is 4.79 Å². The number of amidine groups is 1. The fraction of sp³-hybridized carbons (Fsp3) is 0.833. The second-order valence-corrected chi connectivity index (χ2v) is 4.85. The zero-order valence-electron chi connectivity index (χ0n) is 9.74. The first-order chi connectivity index (χ1) is 7.77. The van der Waals surface area contributed by atoms with E-state index in [9.17, 15) is 4.79 Å². The topological polar surface area (TPSA) is 67.5 Å². The van der Waals surface area contributed by atoms with Crippen molar-refractivity contribution in [1.82, 2.24) is 5.32 Å². The molecule has 0 aromatic rings. The van der Waals surface area contributed by atoms with Crippen LogP contribution in [0.5, 0.6) is 0 Å². The zero-order chi connectivity index (χ0) is 11.4. The van der Waals surface area contributed by atoms with E-state index >= 15 is 0 Å². The van der Waals surface area contributed by atoms with E-state index in [4.69, 9.17) is 5.73 Å². The van der Waals surface area contributed by atoms with E-state index in [0.717, 1.165) is 18.7 Å². The molecule has 2 saturated carbocycles. The summed E-state index contributed by atoms with van der Waals surface area (Å²) in [4.78, 5) is 15.7. The third-order valence-corrected chi connectivity index (χ3v) is 3.43. The van der Waals surface area contributed by atoms with Gasteiger partial charge < -0.3 is 11.1 Å².